The average Bonchev–Trinajstić information content (AvgIpc) is 2.10. The van der Waals surface area contributed by atoms with Gasteiger partial charge in [-0.05, 0) is 45.7 Å². The summed E-state index contributed by atoms with van der Waals surface area (Å²) in [5, 5.41) is 12.2. The molecule has 0 rings (SSSR count). The minimum atomic E-state index is -0.141. The summed E-state index contributed by atoms with van der Waals surface area (Å²) in [6.45, 7) is 10.6. The van der Waals surface area contributed by atoms with Crippen molar-refractivity contribution in [3.8, 4) is 6.07 Å². The topological polar surface area (TPSA) is 35.8 Å². The zero-order valence-electron chi connectivity index (χ0n) is 10.1. The van der Waals surface area contributed by atoms with E-state index < -0.39 is 0 Å². The molecule has 0 aliphatic carbocycles. The Balaban J connectivity index is 3.27. The second-order valence-electron chi connectivity index (χ2n) is 5.05. The van der Waals surface area contributed by atoms with Crippen LogP contribution in [0.2, 0.25) is 0 Å². The molecule has 0 aromatic heterocycles. The van der Waals surface area contributed by atoms with Crippen molar-refractivity contribution < 1.29 is 0 Å². The number of hydrogen-bond donors (Lipinski definition) is 1. The summed E-state index contributed by atoms with van der Waals surface area (Å²) in [6, 6.07) is 2.33. The molecule has 0 saturated carbocycles. The molecule has 2 heteroatoms. The summed E-state index contributed by atoms with van der Waals surface area (Å²) in [5.74, 6) is 0.727. The third-order valence-corrected chi connectivity index (χ3v) is 2.26. The van der Waals surface area contributed by atoms with Gasteiger partial charge in [-0.15, -0.1) is 0 Å². The molecule has 1 N–H and O–H groups in total. The van der Waals surface area contributed by atoms with Crippen molar-refractivity contribution in [2.24, 2.45) is 11.3 Å². The van der Waals surface area contributed by atoms with Gasteiger partial charge in [-0.3, -0.25) is 0 Å². The monoisotopic (exact) mass is 196 g/mol. The van der Waals surface area contributed by atoms with Crippen LogP contribution in [0.15, 0.2) is 0 Å². The highest BCUT2D eigenvalue weighted by atomic mass is 14.8. The normalized spacial score (nSPS) is 11.7. The van der Waals surface area contributed by atoms with Crippen LogP contribution in [0.3, 0.4) is 0 Å². The molecule has 0 saturated heterocycles. The molecular weight excluding hydrogens is 172 g/mol. The van der Waals surface area contributed by atoms with Crippen molar-refractivity contribution in [2.75, 3.05) is 13.1 Å². The lowest BCUT2D eigenvalue weighted by Gasteiger charge is -2.14. The number of unbranched alkanes of at least 4 members (excludes halogenated alkanes) is 1. The maximum absolute atomic E-state index is 8.80. The molecule has 0 fully saturated rings. The van der Waals surface area contributed by atoms with Gasteiger partial charge in [0.15, 0.2) is 0 Å². The zero-order valence-corrected chi connectivity index (χ0v) is 10.1. The molecular formula is C12H24N2. The van der Waals surface area contributed by atoms with Gasteiger partial charge in [0.2, 0.25) is 0 Å². The molecule has 0 heterocycles. The van der Waals surface area contributed by atoms with Gasteiger partial charge >= 0.3 is 0 Å². The van der Waals surface area contributed by atoms with Gasteiger partial charge in [0.1, 0.15) is 0 Å². The van der Waals surface area contributed by atoms with Crippen LogP contribution in [0, 0.1) is 22.7 Å². The van der Waals surface area contributed by atoms with E-state index in [2.05, 4.69) is 25.2 Å². The molecule has 0 spiro atoms. The van der Waals surface area contributed by atoms with Crippen molar-refractivity contribution in [1.29, 1.82) is 5.26 Å². The van der Waals surface area contributed by atoms with Crippen LogP contribution in [0.5, 0.6) is 0 Å². The van der Waals surface area contributed by atoms with Crippen LogP contribution in [-0.2, 0) is 0 Å². The summed E-state index contributed by atoms with van der Waals surface area (Å²) >= 11 is 0. The predicted octanol–water partition coefficient (Wildman–Crippen LogP) is 2.95. The highest BCUT2D eigenvalue weighted by Gasteiger charge is 2.14. The van der Waals surface area contributed by atoms with Gasteiger partial charge in [0.25, 0.3) is 0 Å². The van der Waals surface area contributed by atoms with Crippen molar-refractivity contribution in [3.05, 3.63) is 0 Å². The van der Waals surface area contributed by atoms with E-state index in [1.54, 1.807) is 0 Å². The standard InChI is InChI=1S/C12H24N2/c1-11(2)9-14-8-6-5-7-12(3,4)10-13/h11,14H,5-9H2,1-4H3. The van der Waals surface area contributed by atoms with Gasteiger partial charge in [0, 0.05) is 0 Å². The first-order chi connectivity index (χ1) is 6.48. The summed E-state index contributed by atoms with van der Waals surface area (Å²) in [4.78, 5) is 0. The van der Waals surface area contributed by atoms with Crippen molar-refractivity contribution in [1.82, 2.24) is 5.32 Å². The van der Waals surface area contributed by atoms with E-state index >= 15 is 0 Å². The van der Waals surface area contributed by atoms with E-state index in [1.165, 1.54) is 6.42 Å². The molecule has 0 amide bonds. The third kappa shape index (κ3) is 8.07. The van der Waals surface area contributed by atoms with Gasteiger partial charge < -0.3 is 5.32 Å². The maximum Gasteiger partial charge on any atom is 0.0683 e. The van der Waals surface area contributed by atoms with E-state index in [9.17, 15) is 0 Å². The molecule has 0 radical (unpaired) electrons. The molecule has 2 nitrogen and oxygen atoms in total. The van der Waals surface area contributed by atoms with Crippen LogP contribution in [0.4, 0.5) is 0 Å². The molecule has 0 aromatic rings. The Morgan fingerprint density at radius 1 is 1.29 bits per heavy atom. The Morgan fingerprint density at radius 2 is 1.93 bits per heavy atom. The minimum Gasteiger partial charge on any atom is -0.316 e. The first-order valence-corrected chi connectivity index (χ1v) is 5.60. The lowest BCUT2D eigenvalue weighted by molar-refractivity contribution is 0.419. The highest BCUT2D eigenvalue weighted by molar-refractivity contribution is 4.91. The quantitative estimate of drug-likeness (QED) is 0.635. The maximum atomic E-state index is 8.80. The number of nitrogens with one attached hydrogen (secondary N) is 1. The van der Waals surface area contributed by atoms with Crippen LogP contribution < -0.4 is 5.32 Å². The van der Waals surface area contributed by atoms with Crippen molar-refractivity contribution in [2.45, 2.75) is 47.0 Å². The first kappa shape index (κ1) is 13.4. The Hall–Kier alpha value is -0.550. The van der Waals surface area contributed by atoms with E-state index in [4.69, 9.17) is 5.26 Å². The smallest absolute Gasteiger partial charge is 0.0683 e. The molecule has 0 aromatic carbocycles. The second kappa shape index (κ2) is 6.84. The Bertz CT molecular complexity index is 177. The van der Waals surface area contributed by atoms with Gasteiger partial charge in [0.05, 0.1) is 11.5 Å². The van der Waals surface area contributed by atoms with E-state index in [-0.39, 0.29) is 5.41 Å². The molecule has 0 unspecified atom stereocenters. The lowest BCUT2D eigenvalue weighted by atomic mass is 9.89. The first-order valence-electron chi connectivity index (χ1n) is 5.60. The Kier molecular flexibility index (Phi) is 6.57. The van der Waals surface area contributed by atoms with Crippen LogP contribution in [0.25, 0.3) is 0 Å². The lowest BCUT2D eigenvalue weighted by Crippen LogP contribution is -2.21. The highest BCUT2D eigenvalue weighted by Crippen LogP contribution is 2.21. The van der Waals surface area contributed by atoms with E-state index in [1.807, 2.05) is 13.8 Å². The summed E-state index contributed by atoms with van der Waals surface area (Å²) in [7, 11) is 0. The van der Waals surface area contributed by atoms with Gasteiger partial charge in [-0.2, -0.15) is 5.26 Å². The largest absolute Gasteiger partial charge is 0.316 e. The third-order valence-electron chi connectivity index (χ3n) is 2.26. The molecule has 0 bridgehead atoms. The summed E-state index contributed by atoms with van der Waals surface area (Å²) in [6.07, 6.45) is 3.33. The fourth-order valence-electron chi connectivity index (χ4n) is 1.26. The van der Waals surface area contributed by atoms with E-state index in [0.717, 1.165) is 31.8 Å². The summed E-state index contributed by atoms with van der Waals surface area (Å²) in [5.41, 5.74) is -0.141. The molecule has 82 valence electrons. The number of rotatable bonds is 7. The fraction of sp³-hybridized carbons (Fsp3) is 0.917. The van der Waals surface area contributed by atoms with Crippen LogP contribution in [0.1, 0.15) is 47.0 Å². The number of nitrogens with zero attached hydrogens (tertiary/aromatic N) is 1. The second-order valence-corrected chi connectivity index (χ2v) is 5.05. The molecule has 14 heavy (non-hydrogen) atoms. The zero-order chi connectivity index (χ0) is 11.0. The van der Waals surface area contributed by atoms with Crippen molar-refractivity contribution in [3.63, 3.8) is 0 Å². The van der Waals surface area contributed by atoms with E-state index in [0.29, 0.717) is 0 Å². The van der Waals surface area contributed by atoms with Gasteiger partial charge in [-0.1, -0.05) is 20.3 Å². The SMILES string of the molecule is CC(C)CNCCCCC(C)(C)C#N. The van der Waals surface area contributed by atoms with Crippen LogP contribution >= 0.6 is 0 Å². The van der Waals surface area contributed by atoms with Crippen LogP contribution in [-0.4, -0.2) is 13.1 Å². The Labute approximate surface area is 88.7 Å². The minimum absolute atomic E-state index is 0.141. The number of nitriles is 1. The summed E-state index contributed by atoms with van der Waals surface area (Å²) < 4.78 is 0. The number of hydrogen-bond acceptors (Lipinski definition) is 2. The fourth-order valence-corrected chi connectivity index (χ4v) is 1.26. The van der Waals surface area contributed by atoms with Crippen molar-refractivity contribution >= 4 is 0 Å². The molecule has 0 atom stereocenters. The average molecular weight is 196 g/mol. The molecule has 0 aliphatic heterocycles. The predicted molar refractivity (Wildman–Crippen MR) is 61.0 cm³/mol. The van der Waals surface area contributed by atoms with Gasteiger partial charge in [-0.25, -0.2) is 0 Å². The Morgan fingerprint density at radius 3 is 2.43 bits per heavy atom. The molecule has 0 aliphatic rings.